The molecule has 4 atom stereocenters. The largest absolute Gasteiger partial charge is 0.497 e. The molecule has 0 aromatic heterocycles. The van der Waals surface area contributed by atoms with E-state index in [9.17, 15) is 9.59 Å². The molecule has 1 heterocycles. The lowest BCUT2D eigenvalue weighted by Crippen LogP contribution is -2.39. The predicted octanol–water partition coefficient (Wildman–Crippen LogP) is 5.63. The minimum atomic E-state index is -0.702. The van der Waals surface area contributed by atoms with E-state index in [1.807, 2.05) is 57.2 Å². The average Bonchev–Trinajstić information content (AvgIpc) is 2.91. The predicted molar refractivity (Wildman–Crippen MR) is 142 cm³/mol. The minimum Gasteiger partial charge on any atom is -0.497 e. The van der Waals surface area contributed by atoms with Gasteiger partial charge in [-0.3, -0.25) is 14.6 Å². The Bertz CT molecular complexity index is 1230. The van der Waals surface area contributed by atoms with E-state index in [0.29, 0.717) is 42.0 Å². The Labute approximate surface area is 218 Å². The van der Waals surface area contributed by atoms with Crippen molar-refractivity contribution in [3.8, 4) is 17.2 Å². The van der Waals surface area contributed by atoms with E-state index in [2.05, 4.69) is 0 Å². The fourth-order valence-corrected chi connectivity index (χ4v) is 5.24. The Balaban J connectivity index is 1.79. The van der Waals surface area contributed by atoms with Gasteiger partial charge >= 0.3 is 5.97 Å². The molecule has 0 fully saturated rings. The van der Waals surface area contributed by atoms with Crippen LogP contribution in [0.5, 0.6) is 17.2 Å². The van der Waals surface area contributed by atoms with Crippen LogP contribution in [0.2, 0.25) is 0 Å². The van der Waals surface area contributed by atoms with Crippen LogP contribution < -0.4 is 14.2 Å². The molecule has 0 N–H and O–H groups in total. The third kappa shape index (κ3) is 5.26. The first kappa shape index (κ1) is 26.5. The van der Waals surface area contributed by atoms with E-state index >= 15 is 0 Å². The highest BCUT2D eigenvalue weighted by Gasteiger charge is 2.45. The molecule has 7 heteroatoms. The number of rotatable bonds is 8. The number of aliphatic imine (C=N–C) groups is 1. The van der Waals surface area contributed by atoms with Crippen molar-refractivity contribution in [3.63, 3.8) is 0 Å². The first-order valence-corrected chi connectivity index (χ1v) is 12.7. The number of hydrogen-bond donors (Lipinski definition) is 0. The smallest absolute Gasteiger partial charge is 0.315 e. The molecular formula is C30H35NO6. The number of esters is 1. The molecule has 0 saturated carbocycles. The third-order valence-electron chi connectivity index (χ3n) is 7.39. The molecule has 1 aliphatic carbocycles. The van der Waals surface area contributed by atoms with Gasteiger partial charge in [0.1, 0.15) is 11.7 Å². The van der Waals surface area contributed by atoms with Crippen LogP contribution in [0.15, 0.2) is 58.7 Å². The van der Waals surface area contributed by atoms with Gasteiger partial charge in [0, 0.05) is 29.3 Å². The van der Waals surface area contributed by atoms with Crippen LogP contribution in [-0.2, 0) is 14.3 Å². The van der Waals surface area contributed by atoms with Gasteiger partial charge in [-0.25, -0.2) is 0 Å². The number of nitrogens with zero attached hydrogens (tertiary/aromatic N) is 1. The third-order valence-corrected chi connectivity index (χ3v) is 7.39. The second kappa shape index (κ2) is 11.2. The topological polar surface area (TPSA) is 83.4 Å². The summed E-state index contributed by atoms with van der Waals surface area (Å²) in [5.41, 5.74) is 3.84. The number of methoxy groups -OCH3 is 3. The van der Waals surface area contributed by atoms with Crippen LogP contribution >= 0.6 is 0 Å². The lowest BCUT2D eigenvalue weighted by Gasteiger charge is -2.37. The number of benzene rings is 2. The zero-order valence-electron chi connectivity index (χ0n) is 22.4. The van der Waals surface area contributed by atoms with E-state index in [1.165, 1.54) is 0 Å². The molecule has 1 aliphatic heterocycles. The molecule has 196 valence electrons. The number of carbonyl (C=O) groups excluding carboxylic acids is 2. The highest BCUT2D eigenvalue weighted by atomic mass is 16.5. The van der Waals surface area contributed by atoms with Crippen LogP contribution in [0, 0.1) is 5.92 Å². The average molecular weight is 506 g/mol. The second-order valence-electron chi connectivity index (χ2n) is 9.64. The van der Waals surface area contributed by atoms with Gasteiger partial charge < -0.3 is 18.9 Å². The van der Waals surface area contributed by atoms with E-state index in [1.54, 1.807) is 27.4 Å². The van der Waals surface area contributed by atoms with Crippen LogP contribution in [0.4, 0.5) is 0 Å². The number of ketones is 1. The molecule has 0 radical (unpaired) electrons. The summed E-state index contributed by atoms with van der Waals surface area (Å²) in [5, 5.41) is 0. The summed E-state index contributed by atoms with van der Waals surface area (Å²) in [7, 11) is 4.78. The number of hydrogen-bond acceptors (Lipinski definition) is 7. The molecular weight excluding hydrogens is 470 g/mol. The van der Waals surface area contributed by atoms with Crippen molar-refractivity contribution < 1.29 is 28.5 Å². The molecule has 4 rings (SSSR count). The summed E-state index contributed by atoms with van der Waals surface area (Å²) in [4.78, 5) is 32.1. The van der Waals surface area contributed by atoms with Gasteiger partial charge in [0.2, 0.25) is 0 Å². The first-order valence-electron chi connectivity index (χ1n) is 12.7. The maximum absolute atomic E-state index is 13.8. The zero-order chi connectivity index (χ0) is 26.7. The maximum atomic E-state index is 13.8. The van der Waals surface area contributed by atoms with Crippen molar-refractivity contribution in [2.75, 3.05) is 21.3 Å². The number of ether oxygens (including phenoxy) is 4. The summed E-state index contributed by atoms with van der Waals surface area (Å²) in [6.07, 6.45) is 1.42. The minimum absolute atomic E-state index is 0.000516. The van der Waals surface area contributed by atoms with Gasteiger partial charge in [0.25, 0.3) is 0 Å². The maximum Gasteiger partial charge on any atom is 0.315 e. The molecule has 2 aromatic rings. The van der Waals surface area contributed by atoms with Crippen LogP contribution in [0.1, 0.15) is 63.0 Å². The van der Waals surface area contributed by atoms with Crippen molar-refractivity contribution in [1.29, 1.82) is 0 Å². The quantitative estimate of drug-likeness (QED) is 0.433. The number of allylic oxidation sites excluding steroid dienone is 2. The lowest BCUT2D eigenvalue weighted by atomic mass is 9.69. The molecule has 37 heavy (non-hydrogen) atoms. The lowest BCUT2D eigenvalue weighted by molar-refractivity contribution is -0.151. The molecule has 7 nitrogen and oxygen atoms in total. The first-order chi connectivity index (χ1) is 17.8. The molecule has 1 unspecified atom stereocenters. The zero-order valence-corrected chi connectivity index (χ0v) is 22.4. The van der Waals surface area contributed by atoms with E-state index in [-0.39, 0.29) is 23.8 Å². The van der Waals surface area contributed by atoms with Gasteiger partial charge in [-0.05, 0) is 68.0 Å². The monoisotopic (exact) mass is 505 g/mol. The molecule has 2 aliphatic rings. The van der Waals surface area contributed by atoms with Gasteiger partial charge in [0.15, 0.2) is 17.3 Å². The van der Waals surface area contributed by atoms with Crippen molar-refractivity contribution in [3.05, 3.63) is 64.9 Å². The summed E-state index contributed by atoms with van der Waals surface area (Å²) >= 11 is 0. The number of carbonyl (C=O) groups is 2. The van der Waals surface area contributed by atoms with Gasteiger partial charge in [-0.2, -0.15) is 0 Å². The van der Waals surface area contributed by atoms with E-state index < -0.39 is 11.8 Å². The Morgan fingerprint density at radius 3 is 2.27 bits per heavy atom. The van der Waals surface area contributed by atoms with Crippen molar-refractivity contribution in [2.24, 2.45) is 10.9 Å². The Morgan fingerprint density at radius 2 is 1.65 bits per heavy atom. The van der Waals surface area contributed by atoms with Gasteiger partial charge in [0.05, 0.1) is 27.4 Å². The summed E-state index contributed by atoms with van der Waals surface area (Å²) in [5.74, 6) is 0.300. The highest BCUT2D eigenvalue weighted by Crippen LogP contribution is 2.48. The van der Waals surface area contributed by atoms with Gasteiger partial charge in [-0.1, -0.05) is 25.1 Å². The molecule has 2 aromatic carbocycles. The summed E-state index contributed by atoms with van der Waals surface area (Å²) < 4.78 is 22.0. The van der Waals surface area contributed by atoms with Crippen LogP contribution in [-0.4, -0.2) is 44.9 Å². The summed E-state index contributed by atoms with van der Waals surface area (Å²) in [6, 6.07) is 13.4. The fraction of sp³-hybridized carbons (Fsp3) is 0.433. The number of Topliss-reactive ketones (excluding diaryl/α,β-unsaturated/α-hetero) is 1. The Kier molecular flexibility index (Phi) is 8.00. The molecule has 0 spiro atoms. The molecule has 0 amide bonds. The van der Waals surface area contributed by atoms with Crippen LogP contribution in [0.25, 0.3) is 0 Å². The summed E-state index contributed by atoms with van der Waals surface area (Å²) in [6.45, 7) is 5.69. The van der Waals surface area contributed by atoms with E-state index in [4.69, 9.17) is 23.9 Å². The van der Waals surface area contributed by atoms with Gasteiger partial charge in [-0.15, -0.1) is 0 Å². The Morgan fingerprint density at radius 1 is 0.973 bits per heavy atom. The van der Waals surface area contributed by atoms with Crippen molar-refractivity contribution in [1.82, 2.24) is 0 Å². The van der Waals surface area contributed by atoms with Crippen molar-refractivity contribution >= 4 is 17.5 Å². The fourth-order valence-electron chi connectivity index (χ4n) is 5.24. The SMILES string of the molecule is CC[C@@H](C)OC(=O)C1C(C)=NC2=C(C(=O)C[C@H](c3ccc(OC)cc3)C2)[C@H]1c1ccc(OC)c(OC)c1. The van der Waals surface area contributed by atoms with E-state index in [0.717, 1.165) is 22.6 Å². The molecule has 0 saturated heterocycles. The van der Waals surface area contributed by atoms with Crippen LogP contribution in [0.3, 0.4) is 0 Å². The Hall–Kier alpha value is -3.61. The standard InChI is InChI=1S/C30H35NO6/c1-7-17(2)37-30(33)27-18(3)31-23-14-21(19-8-11-22(34-4)12-9-19)15-24(32)29(23)28(27)20-10-13-25(35-5)26(16-20)36-6/h8-13,16-17,21,27-28H,7,14-15H2,1-6H3/t17-,21-,27?,28+/m1/s1. The molecule has 0 bridgehead atoms. The van der Waals surface area contributed by atoms with Crippen molar-refractivity contribution in [2.45, 2.75) is 58.0 Å². The normalized spacial score (nSPS) is 22.1. The second-order valence-corrected chi connectivity index (χ2v) is 9.64. The highest BCUT2D eigenvalue weighted by molar-refractivity contribution is 6.09.